The Balaban J connectivity index is 1.66. The Kier molecular flexibility index (Phi) is 5.12. The molecule has 2 saturated heterocycles. The quantitative estimate of drug-likeness (QED) is 0.848. The lowest BCUT2D eigenvalue weighted by Gasteiger charge is -2.30. The van der Waals surface area contributed by atoms with Crippen LogP contribution in [0.3, 0.4) is 0 Å². The second-order valence-corrected chi connectivity index (χ2v) is 7.92. The predicted octanol–water partition coefficient (Wildman–Crippen LogP) is 2.10. The highest BCUT2D eigenvalue weighted by atomic mass is 19.1. The zero-order valence-electron chi connectivity index (χ0n) is 16.9. The van der Waals surface area contributed by atoms with Crippen LogP contribution in [0, 0.1) is 31.5 Å². The minimum absolute atomic E-state index is 0.0235. The lowest BCUT2D eigenvalue weighted by molar-refractivity contribution is -0.136. The number of nitrogens with zero attached hydrogens (tertiary/aromatic N) is 4. The maximum absolute atomic E-state index is 14.0. The zero-order chi connectivity index (χ0) is 20.7. The molecule has 3 heterocycles. The van der Waals surface area contributed by atoms with Gasteiger partial charge in [0, 0.05) is 49.8 Å². The number of aryl methyl sites for hydroxylation is 1. The van der Waals surface area contributed by atoms with E-state index in [2.05, 4.69) is 14.9 Å². The summed E-state index contributed by atoms with van der Waals surface area (Å²) < 4.78 is 19.0. The number of methoxy groups -OCH3 is 1. The number of benzene rings is 1. The monoisotopic (exact) mass is 399 g/mol. The number of halogens is 1. The van der Waals surface area contributed by atoms with Gasteiger partial charge < -0.3 is 20.3 Å². The number of hydrogen-bond acceptors (Lipinski definition) is 6. The third-order valence-electron chi connectivity index (χ3n) is 6.12. The molecule has 4 rings (SSSR count). The average Bonchev–Trinajstić information content (AvgIpc) is 3.22. The Morgan fingerprint density at radius 1 is 1.28 bits per heavy atom. The fraction of sp³-hybridized carbons (Fsp3) is 0.476. The number of rotatable bonds is 4. The number of fused-ring (bicyclic) bond motifs is 1. The fourth-order valence-electron chi connectivity index (χ4n) is 4.74. The van der Waals surface area contributed by atoms with Crippen LogP contribution in [0.4, 0.5) is 16.2 Å². The zero-order valence-corrected chi connectivity index (χ0v) is 16.9. The number of anilines is 2. The van der Waals surface area contributed by atoms with Gasteiger partial charge in [-0.15, -0.1) is 0 Å². The van der Waals surface area contributed by atoms with E-state index < -0.39 is 0 Å². The number of carbonyl (C=O) groups is 1. The number of aromatic nitrogens is 2. The van der Waals surface area contributed by atoms with Crippen LogP contribution >= 0.6 is 0 Å². The van der Waals surface area contributed by atoms with Crippen molar-refractivity contribution in [3.63, 3.8) is 0 Å². The van der Waals surface area contributed by atoms with Gasteiger partial charge in [-0.2, -0.15) is 4.98 Å². The van der Waals surface area contributed by atoms with Crippen LogP contribution in [0.5, 0.6) is 0 Å². The van der Waals surface area contributed by atoms with Crippen molar-refractivity contribution in [2.24, 2.45) is 11.8 Å². The van der Waals surface area contributed by atoms with Crippen molar-refractivity contribution in [1.82, 2.24) is 14.9 Å². The molecule has 1 aromatic heterocycles. The summed E-state index contributed by atoms with van der Waals surface area (Å²) in [6.07, 6.45) is 0. The summed E-state index contributed by atoms with van der Waals surface area (Å²) in [5.41, 5.74) is 8.58. The predicted molar refractivity (Wildman–Crippen MR) is 108 cm³/mol. The topological polar surface area (TPSA) is 84.6 Å². The van der Waals surface area contributed by atoms with E-state index in [1.54, 1.807) is 6.07 Å². The summed E-state index contributed by atoms with van der Waals surface area (Å²) in [4.78, 5) is 25.5. The molecule has 8 heteroatoms. The van der Waals surface area contributed by atoms with E-state index in [1.807, 2.05) is 24.8 Å². The second kappa shape index (κ2) is 7.59. The molecule has 2 aromatic rings. The van der Waals surface area contributed by atoms with Gasteiger partial charge in [-0.25, -0.2) is 9.37 Å². The van der Waals surface area contributed by atoms with Gasteiger partial charge in [0.05, 0.1) is 6.04 Å². The SMILES string of the molecule is COCC(=O)N1C[C@H]2CN(c3nc(N)nc(C)c3C)C[C@H]2[C@@H]1c1cccc(F)c1. The van der Waals surface area contributed by atoms with Crippen LogP contribution in [-0.2, 0) is 9.53 Å². The number of likely N-dealkylation sites (tertiary alicyclic amines) is 1. The molecule has 0 aliphatic carbocycles. The minimum atomic E-state index is -0.296. The van der Waals surface area contributed by atoms with Crippen LogP contribution in [0.15, 0.2) is 24.3 Å². The van der Waals surface area contributed by atoms with Gasteiger partial charge in [0.2, 0.25) is 11.9 Å². The number of hydrogen-bond donors (Lipinski definition) is 1. The Bertz CT molecular complexity index is 937. The summed E-state index contributed by atoms with van der Waals surface area (Å²) in [5.74, 6) is 1.18. The molecule has 2 fully saturated rings. The van der Waals surface area contributed by atoms with Gasteiger partial charge in [-0.1, -0.05) is 12.1 Å². The number of carbonyl (C=O) groups excluding carboxylic acids is 1. The maximum atomic E-state index is 14.0. The summed E-state index contributed by atoms with van der Waals surface area (Å²) in [6.45, 7) is 6.05. The molecule has 29 heavy (non-hydrogen) atoms. The molecule has 154 valence electrons. The van der Waals surface area contributed by atoms with Crippen LogP contribution in [0.1, 0.15) is 22.9 Å². The van der Waals surface area contributed by atoms with Crippen molar-refractivity contribution in [3.8, 4) is 0 Å². The van der Waals surface area contributed by atoms with E-state index in [0.717, 1.165) is 35.7 Å². The van der Waals surface area contributed by atoms with E-state index in [1.165, 1.54) is 19.2 Å². The van der Waals surface area contributed by atoms with Crippen molar-refractivity contribution in [3.05, 3.63) is 46.9 Å². The molecule has 2 N–H and O–H groups in total. The molecule has 1 aromatic carbocycles. The molecule has 2 aliphatic rings. The van der Waals surface area contributed by atoms with Crippen molar-refractivity contribution in [2.75, 3.05) is 44.0 Å². The molecule has 0 unspecified atom stereocenters. The summed E-state index contributed by atoms with van der Waals surface area (Å²) in [6, 6.07) is 6.35. The highest BCUT2D eigenvalue weighted by Crippen LogP contribution is 2.46. The minimum Gasteiger partial charge on any atom is -0.375 e. The largest absolute Gasteiger partial charge is 0.375 e. The molecule has 3 atom stereocenters. The van der Waals surface area contributed by atoms with E-state index in [9.17, 15) is 9.18 Å². The van der Waals surface area contributed by atoms with Crippen LogP contribution in [-0.4, -0.2) is 54.1 Å². The first-order valence-electron chi connectivity index (χ1n) is 9.78. The van der Waals surface area contributed by atoms with Crippen molar-refractivity contribution in [1.29, 1.82) is 0 Å². The smallest absolute Gasteiger partial charge is 0.249 e. The lowest BCUT2D eigenvalue weighted by atomic mass is 9.89. The van der Waals surface area contributed by atoms with Crippen molar-refractivity contribution < 1.29 is 13.9 Å². The molecular formula is C21H26FN5O2. The number of nitrogens with two attached hydrogens (primary N) is 1. The molecule has 0 spiro atoms. The molecule has 7 nitrogen and oxygen atoms in total. The standard InChI is InChI=1S/C21H26FN5O2/c1-12-13(2)24-21(23)25-20(12)26-8-15-9-27(18(28)11-29-3)19(17(15)10-26)14-5-4-6-16(22)7-14/h4-7,15,17,19H,8-11H2,1-3H3,(H2,23,24,25)/t15-,17-,19+/m1/s1. The number of ether oxygens (including phenoxy) is 1. The van der Waals surface area contributed by atoms with Gasteiger partial charge in [0.1, 0.15) is 18.2 Å². The fourth-order valence-corrected chi connectivity index (χ4v) is 4.74. The molecule has 2 aliphatic heterocycles. The second-order valence-electron chi connectivity index (χ2n) is 7.92. The molecule has 0 radical (unpaired) electrons. The van der Waals surface area contributed by atoms with Gasteiger partial charge in [0.15, 0.2) is 0 Å². The molecule has 0 bridgehead atoms. The average molecular weight is 399 g/mol. The molecule has 1 amide bonds. The molecular weight excluding hydrogens is 373 g/mol. The third-order valence-corrected chi connectivity index (χ3v) is 6.12. The highest BCUT2D eigenvalue weighted by molar-refractivity contribution is 5.78. The van der Waals surface area contributed by atoms with Crippen molar-refractivity contribution >= 4 is 17.7 Å². The Morgan fingerprint density at radius 2 is 2.07 bits per heavy atom. The Hall–Kier alpha value is -2.74. The number of amides is 1. The van der Waals surface area contributed by atoms with E-state index in [-0.39, 0.29) is 42.2 Å². The van der Waals surface area contributed by atoms with Crippen LogP contribution < -0.4 is 10.6 Å². The summed E-state index contributed by atoms with van der Waals surface area (Å²) in [7, 11) is 1.51. The van der Waals surface area contributed by atoms with Crippen molar-refractivity contribution in [2.45, 2.75) is 19.9 Å². The summed E-state index contributed by atoms with van der Waals surface area (Å²) in [5, 5.41) is 0. The van der Waals surface area contributed by atoms with E-state index in [0.29, 0.717) is 6.54 Å². The number of nitrogen functional groups attached to an aromatic ring is 1. The van der Waals surface area contributed by atoms with E-state index in [4.69, 9.17) is 10.5 Å². The molecule has 0 saturated carbocycles. The summed E-state index contributed by atoms with van der Waals surface area (Å²) >= 11 is 0. The first kappa shape index (κ1) is 19.6. The lowest BCUT2D eigenvalue weighted by Crippen LogP contribution is -2.38. The van der Waals surface area contributed by atoms with Crippen LogP contribution in [0.25, 0.3) is 0 Å². The normalized spacial score (nSPS) is 23.5. The highest BCUT2D eigenvalue weighted by Gasteiger charge is 2.49. The Morgan fingerprint density at radius 3 is 2.79 bits per heavy atom. The maximum Gasteiger partial charge on any atom is 0.249 e. The third kappa shape index (κ3) is 3.53. The first-order chi connectivity index (χ1) is 13.9. The van der Waals surface area contributed by atoms with E-state index >= 15 is 0 Å². The Labute approximate surface area is 169 Å². The van der Waals surface area contributed by atoms with Gasteiger partial charge in [0.25, 0.3) is 0 Å². The van der Waals surface area contributed by atoms with Gasteiger partial charge in [-0.3, -0.25) is 4.79 Å². The van der Waals surface area contributed by atoms with Gasteiger partial charge in [-0.05, 0) is 31.5 Å². The van der Waals surface area contributed by atoms with Crippen LogP contribution in [0.2, 0.25) is 0 Å². The van der Waals surface area contributed by atoms with Gasteiger partial charge >= 0.3 is 0 Å². The first-order valence-corrected chi connectivity index (χ1v) is 9.78.